The zero-order valence-electron chi connectivity index (χ0n) is 15.8. The third-order valence-corrected chi connectivity index (χ3v) is 5.21. The van der Waals surface area contributed by atoms with Gasteiger partial charge < -0.3 is 30.1 Å². The quantitative estimate of drug-likeness (QED) is 0.343. The average molecular weight is 447 g/mol. The molecule has 1 fully saturated rings. The van der Waals surface area contributed by atoms with E-state index in [0.717, 1.165) is 6.08 Å². The molecule has 0 radical (unpaired) electrons. The number of carbonyl (C=O) groups is 1. The van der Waals surface area contributed by atoms with E-state index in [4.69, 9.17) is 14.5 Å². The Bertz CT molecular complexity index is 1180. The predicted molar refractivity (Wildman–Crippen MR) is 107 cm³/mol. The van der Waals surface area contributed by atoms with Crippen molar-refractivity contribution in [2.75, 3.05) is 5.32 Å². The molecular formula is C18H18N5O7P. The fourth-order valence-corrected chi connectivity index (χ4v) is 3.56. The molecule has 2 aromatic heterocycles. The molecule has 1 aromatic carbocycles. The molecule has 5 N–H and O–H groups in total. The third kappa shape index (κ3) is 4.39. The smallest absolute Gasteiger partial charge is 0.348 e. The largest absolute Gasteiger partial charge is 0.387 e. The van der Waals surface area contributed by atoms with Gasteiger partial charge in [0, 0.05) is 11.4 Å². The number of nitrogens with zero attached hydrogens (tertiary/aromatic N) is 4. The number of amides is 1. The molecule has 3 heterocycles. The number of hydrogen-bond donors (Lipinski definition) is 5. The van der Waals surface area contributed by atoms with E-state index in [0.29, 0.717) is 11.4 Å². The van der Waals surface area contributed by atoms with Crippen LogP contribution in [-0.2, 0) is 9.30 Å². The number of fused-ring (bicyclic) bond motifs is 1. The molecule has 13 heteroatoms. The minimum absolute atomic E-state index is 0.142. The Morgan fingerprint density at radius 2 is 1.87 bits per heavy atom. The Balaban J connectivity index is 1.61. The number of aromatic nitrogens is 4. The lowest BCUT2D eigenvalue weighted by Gasteiger charge is -2.16. The molecule has 4 atom stereocenters. The Hall–Kier alpha value is -2.99. The van der Waals surface area contributed by atoms with Crippen LogP contribution in [0.2, 0.25) is 0 Å². The minimum Gasteiger partial charge on any atom is -0.387 e. The summed E-state index contributed by atoms with van der Waals surface area (Å²) < 4.78 is 17.9. The highest BCUT2D eigenvalue weighted by Gasteiger charge is 2.43. The number of imidazole rings is 1. The molecule has 1 saturated heterocycles. The maximum absolute atomic E-state index is 12.4. The number of aliphatic hydroxyl groups excluding tert-OH is 2. The van der Waals surface area contributed by atoms with E-state index in [1.165, 1.54) is 17.2 Å². The van der Waals surface area contributed by atoms with Crippen molar-refractivity contribution in [1.82, 2.24) is 19.5 Å². The molecule has 162 valence electrons. The highest BCUT2D eigenvalue weighted by molar-refractivity contribution is 7.55. The molecule has 0 spiro atoms. The number of anilines is 1. The fourth-order valence-electron chi connectivity index (χ4n) is 3.17. The monoisotopic (exact) mass is 447 g/mol. The van der Waals surface area contributed by atoms with Crippen LogP contribution in [0.3, 0.4) is 0 Å². The van der Waals surface area contributed by atoms with Crippen LogP contribution in [0.15, 0.2) is 54.9 Å². The molecule has 0 aliphatic carbocycles. The molecule has 4 rings (SSSR count). The van der Waals surface area contributed by atoms with Crippen LogP contribution in [0.4, 0.5) is 5.82 Å². The second kappa shape index (κ2) is 8.27. The Morgan fingerprint density at radius 1 is 1.13 bits per heavy atom. The van der Waals surface area contributed by atoms with Gasteiger partial charge >= 0.3 is 7.60 Å². The molecule has 0 unspecified atom stereocenters. The van der Waals surface area contributed by atoms with E-state index in [-0.39, 0.29) is 17.0 Å². The summed E-state index contributed by atoms with van der Waals surface area (Å²) in [4.78, 5) is 42.7. The van der Waals surface area contributed by atoms with Crippen LogP contribution < -0.4 is 5.32 Å². The summed E-state index contributed by atoms with van der Waals surface area (Å²) in [6.45, 7) is 0. The second-order valence-corrected chi connectivity index (χ2v) is 8.25. The maximum atomic E-state index is 12.4. The average Bonchev–Trinajstić information content (AvgIpc) is 3.29. The Morgan fingerprint density at radius 3 is 2.58 bits per heavy atom. The first-order chi connectivity index (χ1) is 14.7. The molecule has 3 aromatic rings. The van der Waals surface area contributed by atoms with Gasteiger partial charge in [0.25, 0.3) is 5.91 Å². The number of hydrogen-bond acceptors (Lipinski definition) is 8. The fraction of sp³-hybridized carbons (Fsp3) is 0.222. The SMILES string of the molecule is O=C(Nc1ncnc2c1ncn2[C@@H]1O[C@H](/C=C/P(=O)(O)O)[C@@H](O)[C@H]1O)c1ccccc1. The van der Waals surface area contributed by atoms with Gasteiger partial charge in [0.05, 0.1) is 6.33 Å². The lowest BCUT2D eigenvalue weighted by molar-refractivity contribution is -0.0244. The van der Waals surface area contributed by atoms with Crippen molar-refractivity contribution in [3.05, 3.63) is 60.4 Å². The first-order valence-electron chi connectivity index (χ1n) is 9.05. The van der Waals surface area contributed by atoms with Crippen LogP contribution >= 0.6 is 7.60 Å². The van der Waals surface area contributed by atoms with E-state index in [2.05, 4.69) is 20.3 Å². The molecule has 31 heavy (non-hydrogen) atoms. The van der Waals surface area contributed by atoms with Crippen LogP contribution in [0.1, 0.15) is 16.6 Å². The van der Waals surface area contributed by atoms with Gasteiger partial charge in [-0.15, -0.1) is 0 Å². The molecule has 1 aliphatic heterocycles. The van der Waals surface area contributed by atoms with Crippen molar-refractivity contribution < 1.29 is 34.1 Å². The minimum atomic E-state index is -4.46. The Labute approximate surface area is 175 Å². The van der Waals surface area contributed by atoms with Crippen LogP contribution in [0.5, 0.6) is 0 Å². The molecule has 1 amide bonds. The summed E-state index contributed by atoms with van der Waals surface area (Å²) in [5.74, 6) is 0.343. The van der Waals surface area contributed by atoms with Crippen LogP contribution in [0.25, 0.3) is 11.2 Å². The van der Waals surface area contributed by atoms with Crippen molar-refractivity contribution >= 4 is 30.5 Å². The van der Waals surface area contributed by atoms with Crippen molar-refractivity contribution in [2.45, 2.75) is 24.5 Å². The molecule has 1 aliphatic rings. The summed E-state index contributed by atoms with van der Waals surface area (Å²) in [7, 11) is -4.46. The Kier molecular flexibility index (Phi) is 5.67. The number of nitrogens with one attached hydrogen (secondary N) is 1. The summed E-state index contributed by atoms with van der Waals surface area (Å²) in [6.07, 6.45) is -1.68. The zero-order valence-corrected chi connectivity index (χ0v) is 16.6. The van der Waals surface area contributed by atoms with Gasteiger partial charge in [0.1, 0.15) is 24.6 Å². The molecular weight excluding hydrogens is 429 g/mol. The topological polar surface area (TPSA) is 180 Å². The van der Waals surface area contributed by atoms with Crippen LogP contribution in [0, 0.1) is 0 Å². The maximum Gasteiger partial charge on any atom is 0.348 e. The number of ether oxygens (including phenoxy) is 1. The number of aliphatic hydroxyl groups is 2. The third-order valence-electron chi connectivity index (χ3n) is 4.65. The number of benzene rings is 1. The zero-order chi connectivity index (χ0) is 22.2. The predicted octanol–water partition coefficient (Wildman–Crippen LogP) is 0.389. The van der Waals surface area contributed by atoms with E-state index in [9.17, 15) is 19.6 Å². The van der Waals surface area contributed by atoms with Gasteiger partial charge in [0.2, 0.25) is 0 Å². The highest BCUT2D eigenvalue weighted by atomic mass is 31.2. The standard InChI is InChI=1S/C18H18N5O7P/c24-13-11(6-7-31(27,28)29)30-18(14(13)25)23-9-21-12-15(19-8-20-16(12)23)22-17(26)10-4-2-1-3-5-10/h1-9,11,13-14,18,24-25H,(H2,27,28,29)(H,19,20,22,26)/b7-6+/t11-,13-,14-,18-/m1/s1. The van der Waals surface area contributed by atoms with Crippen LogP contribution in [-0.4, -0.2) is 63.7 Å². The van der Waals surface area contributed by atoms with Gasteiger partial charge in [-0.2, -0.15) is 0 Å². The second-order valence-electron chi connectivity index (χ2n) is 6.77. The van der Waals surface area contributed by atoms with E-state index in [1.54, 1.807) is 30.3 Å². The van der Waals surface area contributed by atoms with Crippen molar-refractivity contribution in [3.8, 4) is 0 Å². The molecule has 0 bridgehead atoms. The highest BCUT2D eigenvalue weighted by Crippen LogP contribution is 2.38. The van der Waals surface area contributed by atoms with Gasteiger partial charge in [0.15, 0.2) is 23.2 Å². The van der Waals surface area contributed by atoms with E-state index in [1.807, 2.05) is 0 Å². The summed E-state index contributed by atoms with van der Waals surface area (Å²) >= 11 is 0. The number of carbonyl (C=O) groups excluding carboxylic acids is 1. The lowest BCUT2D eigenvalue weighted by atomic mass is 10.1. The van der Waals surface area contributed by atoms with E-state index >= 15 is 0 Å². The summed E-state index contributed by atoms with van der Waals surface area (Å²) in [6, 6.07) is 8.51. The van der Waals surface area contributed by atoms with Crippen molar-refractivity contribution in [3.63, 3.8) is 0 Å². The lowest BCUT2D eigenvalue weighted by Crippen LogP contribution is -2.30. The first kappa shape index (κ1) is 21.2. The molecule has 12 nitrogen and oxygen atoms in total. The summed E-state index contributed by atoms with van der Waals surface area (Å²) in [5, 5.41) is 23.2. The normalized spacial score (nSPS) is 24.1. The van der Waals surface area contributed by atoms with Crippen molar-refractivity contribution in [1.29, 1.82) is 0 Å². The van der Waals surface area contributed by atoms with Gasteiger partial charge in [-0.05, 0) is 18.2 Å². The van der Waals surface area contributed by atoms with Gasteiger partial charge in [-0.1, -0.05) is 18.2 Å². The van der Waals surface area contributed by atoms with E-state index < -0.39 is 38.0 Å². The van der Waals surface area contributed by atoms with Gasteiger partial charge in [-0.3, -0.25) is 13.9 Å². The van der Waals surface area contributed by atoms with Gasteiger partial charge in [-0.25, -0.2) is 15.0 Å². The first-order valence-corrected chi connectivity index (χ1v) is 10.7. The molecule has 0 saturated carbocycles. The van der Waals surface area contributed by atoms with Crippen molar-refractivity contribution in [2.24, 2.45) is 0 Å². The number of rotatable bonds is 5. The summed E-state index contributed by atoms with van der Waals surface area (Å²) in [5.41, 5.74) is 0.867.